The molecular formula is C20H22N2O3. The number of nitrogens with one attached hydrogen (secondary N) is 1. The average molecular weight is 338 g/mol. The van der Waals surface area contributed by atoms with Gasteiger partial charge in [-0.1, -0.05) is 25.1 Å². The number of carbonyl (C=O) groups is 1. The molecule has 0 bridgehead atoms. The number of aromatic amines is 1. The SMILES string of the molecule is CCCN(C(=O)c1ccc(C)[nH]c1=O)[C@H](C)c1cc2ccccc2o1. The minimum absolute atomic E-state index is 0.155. The summed E-state index contributed by atoms with van der Waals surface area (Å²) in [7, 11) is 0. The van der Waals surface area contributed by atoms with E-state index in [1.54, 1.807) is 24.0 Å². The third kappa shape index (κ3) is 3.36. The van der Waals surface area contributed by atoms with E-state index in [1.807, 2.05) is 44.2 Å². The fourth-order valence-corrected chi connectivity index (χ4v) is 2.97. The van der Waals surface area contributed by atoms with Gasteiger partial charge in [-0.05, 0) is 44.5 Å². The van der Waals surface area contributed by atoms with E-state index in [0.717, 1.165) is 23.1 Å². The summed E-state index contributed by atoms with van der Waals surface area (Å²) in [4.78, 5) is 29.5. The number of aromatic nitrogens is 1. The van der Waals surface area contributed by atoms with Crippen LogP contribution in [0.2, 0.25) is 0 Å². The van der Waals surface area contributed by atoms with Gasteiger partial charge in [0.15, 0.2) is 0 Å². The fraction of sp³-hybridized carbons (Fsp3) is 0.300. The third-order valence-corrected chi connectivity index (χ3v) is 4.33. The molecule has 0 radical (unpaired) electrons. The Morgan fingerprint density at radius 1 is 1.24 bits per heavy atom. The molecule has 2 heterocycles. The normalized spacial score (nSPS) is 12.3. The number of rotatable bonds is 5. The van der Waals surface area contributed by atoms with Crippen LogP contribution in [0.25, 0.3) is 11.0 Å². The van der Waals surface area contributed by atoms with E-state index in [1.165, 1.54) is 0 Å². The second kappa shape index (κ2) is 6.97. The fourth-order valence-electron chi connectivity index (χ4n) is 2.97. The molecule has 0 aliphatic carbocycles. The molecule has 5 nitrogen and oxygen atoms in total. The van der Waals surface area contributed by atoms with Crippen LogP contribution in [-0.2, 0) is 0 Å². The second-order valence-electron chi connectivity index (χ2n) is 6.25. The van der Waals surface area contributed by atoms with Gasteiger partial charge in [-0.3, -0.25) is 9.59 Å². The van der Waals surface area contributed by atoms with Crippen molar-refractivity contribution < 1.29 is 9.21 Å². The molecule has 1 atom stereocenters. The number of H-pyrrole nitrogens is 1. The maximum atomic E-state index is 13.0. The number of fused-ring (bicyclic) bond motifs is 1. The lowest BCUT2D eigenvalue weighted by Gasteiger charge is -2.27. The van der Waals surface area contributed by atoms with Crippen molar-refractivity contribution in [3.05, 3.63) is 69.8 Å². The molecule has 0 spiro atoms. The van der Waals surface area contributed by atoms with Crippen LogP contribution in [-0.4, -0.2) is 22.3 Å². The topological polar surface area (TPSA) is 66.3 Å². The van der Waals surface area contributed by atoms with Gasteiger partial charge in [0, 0.05) is 17.6 Å². The summed E-state index contributed by atoms with van der Waals surface area (Å²) in [6.45, 7) is 6.26. The van der Waals surface area contributed by atoms with E-state index in [9.17, 15) is 9.59 Å². The molecule has 3 rings (SSSR count). The van der Waals surface area contributed by atoms with E-state index in [4.69, 9.17) is 4.42 Å². The molecule has 0 saturated carbocycles. The van der Waals surface area contributed by atoms with E-state index in [0.29, 0.717) is 12.3 Å². The van der Waals surface area contributed by atoms with Crippen molar-refractivity contribution in [2.45, 2.75) is 33.2 Å². The maximum absolute atomic E-state index is 13.0. The lowest BCUT2D eigenvalue weighted by molar-refractivity contribution is 0.0670. The molecule has 3 aromatic rings. The molecule has 2 aromatic heterocycles. The molecule has 1 N–H and O–H groups in total. The predicted octanol–water partition coefficient (Wildman–Crippen LogP) is 4.04. The summed E-state index contributed by atoms with van der Waals surface area (Å²) in [5, 5.41) is 1.00. The molecule has 0 aliphatic heterocycles. The van der Waals surface area contributed by atoms with Gasteiger partial charge in [0.1, 0.15) is 16.9 Å². The van der Waals surface area contributed by atoms with Crippen LogP contribution in [0, 0.1) is 6.92 Å². The summed E-state index contributed by atoms with van der Waals surface area (Å²) in [5.74, 6) is 0.433. The van der Waals surface area contributed by atoms with Crippen LogP contribution in [0.5, 0.6) is 0 Å². The molecule has 1 aromatic carbocycles. The van der Waals surface area contributed by atoms with Crippen LogP contribution in [0.1, 0.15) is 48.1 Å². The standard InChI is InChI=1S/C20H22N2O3/c1-4-11-22(20(24)16-10-9-13(2)21-19(16)23)14(3)18-12-15-7-5-6-8-17(15)25-18/h5-10,12,14H,4,11H2,1-3H3,(H,21,23)/t14-/m1/s1. The summed E-state index contributed by atoms with van der Waals surface area (Å²) < 4.78 is 5.91. The highest BCUT2D eigenvalue weighted by molar-refractivity contribution is 5.94. The molecular weight excluding hydrogens is 316 g/mol. The van der Waals surface area contributed by atoms with Crippen molar-refractivity contribution in [2.24, 2.45) is 0 Å². The first-order chi connectivity index (χ1) is 12.0. The first kappa shape index (κ1) is 17.0. The Morgan fingerprint density at radius 2 is 2.00 bits per heavy atom. The Kier molecular flexibility index (Phi) is 4.74. The van der Waals surface area contributed by atoms with Crippen molar-refractivity contribution in [3.8, 4) is 0 Å². The van der Waals surface area contributed by atoms with E-state index < -0.39 is 0 Å². The number of benzene rings is 1. The lowest BCUT2D eigenvalue weighted by Crippen LogP contribution is -2.37. The maximum Gasteiger partial charge on any atom is 0.260 e. The van der Waals surface area contributed by atoms with Crippen molar-refractivity contribution in [2.75, 3.05) is 6.54 Å². The van der Waals surface area contributed by atoms with Crippen LogP contribution in [0.4, 0.5) is 0 Å². The second-order valence-corrected chi connectivity index (χ2v) is 6.25. The summed E-state index contributed by atoms with van der Waals surface area (Å²) in [6, 6.07) is 12.8. The van der Waals surface area contributed by atoms with Gasteiger partial charge in [-0.25, -0.2) is 0 Å². The zero-order chi connectivity index (χ0) is 18.0. The Hall–Kier alpha value is -2.82. The van der Waals surface area contributed by atoms with Gasteiger partial charge in [-0.2, -0.15) is 0 Å². The molecule has 130 valence electrons. The van der Waals surface area contributed by atoms with Gasteiger partial charge < -0.3 is 14.3 Å². The van der Waals surface area contributed by atoms with Gasteiger partial charge >= 0.3 is 0 Å². The van der Waals surface area contributed by atoms with Crippen LogP contribution in [0.15, 0.2) is 51.7 Å². The molecule has 25 heavy (non-hydrogen) atoms. The minimum Gasteiger partial charge on any atom is -0.459 e. The highest BCUT2D eigenvalue weighted by atomic mass is 16.3. The quantitative estimate of drug-likeness (QED) is 0.763. The molecule has 0 aliphatic rings. The lowest BCUT2D eigenvalue weighted by atomic mass is 10.1. The number of hydrogen-bond acceptors (Lipinski definition) is 3. The Bertz CT molecular complexity index is 922. The predicted molar refractivity (Wildman–Crippen MR) is 97.8 cm³/mol. The minimum atomic E-state index is -0.358. The van der Waals surface area contributed by atoms with E-state index >= 15 is 0 Å². The summed E-state index contributed by atoms with van der Waals surface area (Å²) in [6.07, 6.45) is 0.792. The number of furan rings is 1. The number of carbonyl (C=O) groups excluding carboxylic acids is 1. The Morgan fingerprint density at radius 3 is 2.68 bits per heavy atom. The zero-order valence-corrected chi connectivity index (χ0v) is 14.7. The monoisotopic (exact) mass is 338 g/mol. The first-order valence-electron chi connectivity index (χ1n) is 8.50. The number of aryl methyl sites for hydroxylation is 1. The van der Waals surface area contributed by atoms with E-state index in [2.05, 4.69) is 4.98 Å². The van der Waals surface area contributed by atoms with Crippen LogP contribution >= 0.6 is 0 Å². The summed E-state index contributed by atoms with van der Waals surface area (Å²) in [5.41, 5.74) is 1.32. The van der Waals surface area contributed by atoms with Crippen LogP contribution < -0.4 is 5.56 Å². The Balaban J connectivity index is 1.96. The highest BCUT2D eigenvalue weighted by Crippen LogP contribution is 2.28. The molecule has 0 saturated heterocycles. The third-order valence-electron chi connectivity index (χ3n) is 4.33. The first-order valence-corrected chi connectivity index (χ1v) is 8.50. The molecule has 5 heteroatoms. The average Bonchev–Trinajstić information content (AvgIpc) is 3.02. The van der Waals surface area contributed by atoms with Crippen molar-refractivity contribution in [1.29, 1.82) is 0 Å². The van der Waals surface area contributed by atoms with Gasteiger partial charge in [0.2, 0.25) is 0 Å². The largest absolute Gasteiger partial charge is 0.459 e. The van der Waals surface area contributed by atoms with E-state index in [-0.39, 0.29) is 23.1 Å². The highest BCUT2D eigenvalue weighted by Gasteiger charge is 2.26. The van der Waals surface area contributed by atoms with Gasteiger partial charge in [0.25, 0.3) is 11.5 Å². The van der Waals surface area contributed by atoms with Gasteiger partial charge in [-0.15, -0.1) is 0 Å². The smallest absolute Gasteiger partial charge is 0.260 e. The number of nitrogens with zero attached hydrogens (tertiary/aromatic N) is 1. The van der Waals surface area contributed by atoms with Crippen molar-refractivity contribution in [3.63, 3.8) is 0 Å². The summed E-state index contributed by atoms with van der Waals surface area (Å²) >= 11 is 0. The van der Waals surface area contributed by atoms with Crippen LogP contribution in [0.3, 0.4) is 0 Å². The number of hydrogen-bond donors (Lipinski definition) is 1. The Labute approximate surface area is 146 Å². The van der Waals surface area contributed by atoms with Crippen molar-refractivity contribution in [1.82, 2.24) is 9.88 Å². The number of amides is 1. The number of pyridine rings is 1. The zero-order valence-electron chi connectivity index (χ0n) is 14.7. The van der Waals surface area contributed by atoms with Crippen molar-refractivity contribution >= 4 is 16.9 Å². The molecule has 0 fully saturated rings. The van der Waals surface area contributed by atoms with Gasteiger partial charge in [0.05, 0.1) is 6.04 Å². The number of para-hydroxylation sites is 1. The molecule has 0 unspecified atom stereocenters. The molecule has 1 amide bonds.